The van der Waals surface area contributed by atoms with Gasteiger partial charge < -0.3 is 4.74 Å². The Labute approximate surface area is 124 Å². The fourth-order valence-corrected chi connectivity index (χ4v) is 2.65. The second-order valence-corrected chi connectivity index (χ2v) is 5.92. The first kappa shape index (κ1) is 14.2. The van der Waals surface area contributed by atoms with E-state index < -0.39 is 6.04 Å². The van der Waals surface area contributed by atoms with Crippen LogP contribution in [0.4, 0.5) is 0 Å². The number of carbonyl (C=O) groups is 1. The summed E-state index contributed by atoms with van der Waals surface area (Å²) < 4.78 is 5.84. The van der Waals surface area contributed by atoms with Gasteiger partial charge in [-0.15, -0.1) is 11.3 Å². The number of ether oxygens (including phenoxy) is 1. The molecule has 1 unspecified atom stereocenters. The van der Waals surface area contributed by atoms with Gasteiger partial charge >= 0.3 is 5.97 Å². The largest absolute Gasteiger partial charge is 0.468 e. The van der Waals surface area contributed by atoms with E-state index >= 15 is 0 Å². The molecule has 0 bridgehead atoms. The summed E-state index contributed by atoms with van der Waals surface area (Å²) in [5.74, 6) is -0.279. The van der Waals surface area contributed by atoms with Crippen LogP contribution >= 0.6 is 27.3 Å². The van der Waals surface area contributed by atoms with Gasteiger partial charge in [0.25, 0.3) is 0 Å². The number of hydrogen-bond acceptors (Lipinski definition) is 4. The third kappa shape index (κ3) is 3.89. The fraction of sp³-hybridized carbons (Fsp3) is 0.214. The first-order valence-electron chi connectivity index (χ1n) is 5.80. The maximum Gasteiger partial charge on any atom is 0.327 e. The van der Waals surface area contributed by atoms with Crippen LogP contribution in [0.25, 0.3) is 0 Å². The van der Waals surface area contributed by atoms with Crippen LogP contribution in [0.15, 0.2) is 46.3 Å². The molecule has 0 radical (unpaired) electrons. The lowest BCUT2D eigenvalue weighted by Crippen LogP contribution is -2.29. The minimum absolute atomic E-state index is 0.279. The lowest BCUT2D eigenvalue weighted by atomic mass is 10.1. The summed E-state index contributed by atoms with van der Waals surface area (Å²) in [7, 11) is 1.40. The molecular formula is C14H14BrNO2S. The molecule has 19 heavy (non-hydrogen) atoms. The van der Waals surface area contributed by atoms with Crippen molar-refractivity contribution < 1.29 is 9.53 Å². The number of rotatable bonds is 5. The lowest BCUT2D eigenvalue weighted by molar-refractivity contribution is -0.143. The molecule has 1 aromatic carbocycles. The molecule has 0 saturated carbocycles. The summed E-state index contributed by atoms with van der Waals surface area (Å²) in [5.41, 5.74) is 0.895. The highest BCUT2D eigenvalue weighted by molar-refractivity contribution is 9.10. The normalized spacial score (nSPS) is 12.1. The van der Waals surface area contributed by atoms with Crippen LogP contribution in [0.3, 0.4) is 0 Å². The standard InChI is InChI=1S/C14H14BrNO2S/c1-18-14(17)13(10-4-6-11(15)7-5-10)16-9-12-3-2-8-19-12/h2-8,13,16H,9H2,1H3. The number of hydrogen-bond donors (Lipinski definition) is 1. The quantitative estimate of drug-likeness (QED) is 0.847. The molecule has 2 rings (SSSR count). The summed E-state index contributed by atoms with van der Waals surface area (Å²) in [6.45, 7) is 0.646. The van der Waals surface area contributed by atoms with Gasteiger partial charge in [-0.2, -0.15) is 0 Å². The average molecular weight is 340 g/mol. The zero-order chi connectivity index (χ0) is 13.7. The average Bonchev–Trinajstić information content (AvgIpc) is 2.93. The SMILES string of the molecule is COC(=O)C(NCc1cccs1)c1ccc(Br)cc1. The van der Waals surface area contributed by atoms with Crippen LogP contribution in [0.1, 0.15) is 16.5 Å². The highest BCUT2D eigenvalue weighted by atomic mass is 79.9. The molecule has 2 aromatic rings. The van der Waals surface area contributed by atoms with Gasteiger partial charge in [0.1, 0.15) is 6.04 Å². The van der Waals surface area contributed by atoms with Gasteiger partial charge in [0.2, 0.25) is 0 Å². The van der Waals surface area contributed by atoms with E-state index in [2.05, 4.69) is 21.2 Å². The van der Waals surface area contributed by atoms with E-state index in [1.165, 1.54) is 12.0 Å². The predicted octanol–water partition coefficient (Wildman–Crippen LogP) is 3.51. The van der Waals surface area contributed by atoms with E-state index in [1.54, 1.807) is 11.3 Å². The van der Waals surface area contributed by atoms with Crippen molar-refractivity contribution in [2.24, 2.45) is 0 Å². The Morgan fingerprint density at radius 3 is 2.68 bits per heavy atom. The number of benzene rings is 1. The van der Waals surface area contributed by atoms with Gasteiger partial charge in [0.05, 0.1) is 7.11 Å². The van der Waals surface area contributed by atoms with E-state index in [9.17, 15) is 4.79 Å². The van der Waals surface area contributed by atoms with Gasteiger partial charge in [-0.3, -0.25) is 5.32 Å². The predicted molar refractivity (Wildman–Crippen MR) is 80.1 cm³/mol. The number of esters is 1. The van der Waals surface area contributed by atoms with Crippen LogP contribution < -0.4 is 5.32 Å². The third-order valence-corrected chi connectivity index (χ3v) is 4.11. The van der Waals surface area contributed by atoms with Crippen molar-refractivity contribution in [1.82, 2.24) is 5.32 Å². The summed E-state index contributed by atoms with van der Waals surface area (Å²) >= 11 is 5.04. The van der Waals surface area contributed by atoms with E-state index in [0.717, 1.165) is 10.0 Å². The molecule has 1 atom stereocenters. The Kier molecular flexibility index (Phi) is 5.13. The number of carbonyl (C=O) groups excluding carboxylic acids is 1. The monoisotopic (exact) mass is 339 g/mol. The third-order valence-electron chi connectivity index (χ3n) is 2.70. The highest BCUT2D eigenvalue weighted by Gasteiger charge is 2.20. The molecule has 0 saturated heterocycles. The van der Waals surface area contributed by atoms with Crippen LogP contribution in [0.5, 0.6) is 0 Å². The molecule has 5 heteroatoms. The van der Waals surface area contributed by atoms with Gasteiger partial charge in [-0.25, -0.2) is 4.79 Å². The smallest absolute Gasteiger partial charge is 0.327 e. The minimum Gasteiger partial charge on any atom is -0.468 e. The fourth-order valence-electron chi connectivity index (χ4n) is 1.73. The zero-order valence-electron chi connectivity index (χ0n) is 10.4. The molecule has 0 amide bonds. The molecule has 0 aliphatic rings. The molecule has 0 aliphatic heterocycles. The maximum atomic E-state index is 11.9. The van der Waals surface area contributed by atoms with Crippen molar-refractivity contribution in [3.05, 3.63) is 56.7 Å². The number of methoxy groups -OCH3 is 1. The minimum atomic E-state index is -0.444. The number of nitrogens with one attached hydrogen (secondary N) is 1. The van der Waals surface area contributed by atoms with Gasteiger partial charge in [0, 0.05) is 15.9 Å². The molecule has 1 N–H and O–H groups in total. The van der Waals surface area contributed by atoms with Crippen molar-refractivity contribution >= 4 is 33.2 Å². The van der Waals surface area contributed by atoms with Crippen LogP contribution in [0.2, 0.25) is 0 Å². The van der Waals surface area contributed by atoms with E-state index in [-0.39, 0.29) is 5.97 Å². The topological polar surface area (TPSA) is 38.3 Å². The van der Waals surface area contributed by atoms with E-state index in [1.807, 2.05) is 41.8 Å². The van der Waals surface area contributed by atoms with E-state index in [0.29, 0.717) is 6.54 Å². The molecule has 3 nitrogen and oxygen atoms in total. The summed E-state index contributed by atoms with van der Waals surface area (Å²) in [6, 6.07) is 11.2. The number of halogens is 1. The van der Waals surface area contributed by atoms with Crippen LogP contribution in [0, 0.1) is 0 Å². The molecule has 0 spiro atoms. The molecule has 0 fully saturated rings. The summed E-state index contributed by atoms with van der Waals surface area (Å²) in [6.07, 6.45) is 0. The van der Waals surface area contributed by atoms with Crippen molar-refractivity contribution in [2.45, 2.75) is 12.6 Å². The second kappa shape index (κ2) is 6.84. The zero-order valence-corrected chi connectivity index (χ0v) is 12.8. The maximum absolute atomic E-state index is 11.9. The van der Waals surface area contributed by atoms with Gasteiger partial charge in [-0.05, 0) is 29.1 Å². The summed E-state index contributed by atoms with van der Waals surface area (Å²) in [4.78, 5) is 13.0. The molecule has 100 valence electrons. The van der Waals surface area contributed by atoms with Crippen LogP contribution in [-0.2, 0) is 16.1 Å². The Balaban J connectivity index is 2.11. The van der Waals surface area contributed by atoms with Gasteiger partial charge in [0.15, 0.2) is 0 Å². The Bertz CT molecular complexity index is 525. The highest BCUT2D eigenvalue weighted by Crippen LogP contribution is 2.19. The molecule has 1 heterocycles. The van der Waals surface area contributed by atoms with Crippen molar-refractivity contribution in [2.75, 3.05) is 7.11 Å². The Morgan fingerprint density at radius 1 is 1.37 bits per heavy atom. The molecule has 0 aliphatic carbocycles. The van der Waals surface area contributed by atoms with E-state index in [4.69, 9.17) is 4.74 Å². The van der Waals surface area contributed by atoms with Gasteiger partial charge in [-0.1, -0.05) is 34.1 Å². The lowest BCUT2D eigenvalue weighted by Gasteiger charge is -2.16. The second-order valence-electron chi connectivity index (χ2n) is 3.97. The molecular weight excluding hydrogens is 326 g/mol. The van der Waals surface area contributed by atoms with Crippen molar-refractivity contribution in [3.8, 4) is 0 Å². The first-order valence-corrected chi connectivity index (χ1v) is 7.47. The van der Waals surface area contributed by atoms with Crippen molar-refractivity contribution in [3.63, 3.8) is 0 Å². The van der Waals surface area contributed by atoms with Crippen molar-refractivity contribution in [1.29, 1.82) is 0 Å². The molecule has 1 aromatic heterocycles. The Hall–Kier alpha value is -1.17. The number of thiophene rings is 1. The van der Waals surface area contributed by atoms with Crippen LogP contribution in [-0.4, -0.2) is 13.1 Å². The summed E-state index contributed by atoms with van der Waals surface area (Å²) in [5, 5.41) is 5.25. The first-order chi connectivity index (χ1) is 9.20. The Morgan fingerprint density at radius 2 is 2.11 bits per heavy atom.